The average molecular weight is 242 g/mol. The Hall–Kier alpha value is -2.23. The molecule has 2 rings (SSSR count). The van der Waals surface area contributed by atoms with E-state index in [9.17, 15) is 9.90 Å². The molecule has 0 aliphatic carbocycles. The van der Waals surface area contributed by atoms with Crippen molar-refractivity contribution in [2.24, 2.45) is 0 Å². The maximum Gasteiger partial charge on any atom is 0.335 e. The largest absolute Gasteiger partial charge is 0.478 e. The zero-order valence-corrected chi connectivity index (χ0v) is 10.1. The van der Waals surface area contributed by atoms with E-state index in [2.05, 4.69) is 9.97 Å². The molecule has 0 saturated carbocycles. The number of hydrogen-bond donors (Lipinski definition) is 1. The van der Waals surface area contributed by atoms with Gasteiger partial charge in [-0.1, -0.05) is 25.5 Å². The number of aromatic nitrogens is 2. The summed E-state index contributed by atoms with van der Waals surface area (Å²) >= 11 is 0. The van der Waals surface area contributed by atoms with Crippen LogP contribution in [0.5, 0.6) is 0 Å². The van der Waals surface area contributed by atoms with Gasteiger partial charge in [0.25, 0.3) is 0 Å². The van der Waals surface area contributed by atoms with Crippen LogP contribution in [-0.2, 0) is 6.42 Å². The number of hydrogen-bond acceptors (Lipinski definition) is 3. The lowest BCUT2D eigenvalue weighted by molar-refractivity contribution is 0.0695. The van der Waals surface area contributed by atoms with E-state index < -0.39 is 5.97 Å². The van der Waals surface area contributed by atoms with E-state index in [1.54, 1.807) is 18.5 Å². The van der Waals surface area contributed by atoms with Crippen molar-refractivity contribution in [1.29, 1.82) is 0 Å². The summed E-state index contributed by atoms with van der Waals surface area (Å²) < 4.78 is 0. The highest BCUT2D eigenvalue weighted by Gasteiger charge is 2.11. The van der Waals surface area contributed by atoms with E-state index >= 15 is 0 Å². The van der Waals surface area contributed by atoms with Gasteiger partial charge >= 0.3 is 5.97 Å². The Morgan fingerprint density at radius 1 is 1.22 bits per heavy atom. The molecule has 0 bridgehead atoms. The average Bonchev–Trinajstić information content (AvgIpc) is 2.40. The zero-order chi connectivity index (χ0) is 13.0. The molecule has 1 aromatic carbocycles. The molecule has 4 nitrogen and oxygen atoms in total. The van der Waals surface area contributed by atoms with E-state index in [-0.39, 0.29) is 0 Å². The summed E-state index contributed by atoms with van der Waals surface area (Å²) in [5.41, 5.74) is 2.87. The quantitative estimate of drug-likeness (QED) is 0.895. The molecular formula is C14H14N2O2. The Balaban J connectivity index is 2.46. The van der Waals surface area contributed by atoms with Crippen LogP contribution in [-0.4, -0.2) is 21.0 Å². The first-order valence-electron chi connectivity index (χ1n) is 5.84. The van der Waals surface area contributed by atoms with Crippen LogP contribution in [0.25, 0.3) is 11.1 Å². The summed E-state index contributed by atoms with van der Waals surface area (Å²) in [4.78, 5) is 19.1. The van der Waals surface area contributed by atoms with E-state index in [0.717, 1.165) is 29.5 Å². The maximum atomic E-state index is 11.2. The molecule has 0 aliphatic heterocycles. The fourth-order valence-electron chi connectivity index (χ4n) is 1.89. The molecule has 0 amide bonds. The highest BCUT2D eigenvalue weighted by molar-refractivity contribution is 5.91. The molecule has 1 N–H and O–H groups in total. The third kappa shape index (κ3) is 2.53. The van der Waals surface area contributed by atoms with Crippen molar-refractivity contribution in [3.05, 3.63) is 48.0 Å². The van der Waals surface area contributed by atoms with Gasteiger partial charge in [-0.2, -0.15) is 0 Å². The normalized spacial score (nSPS) is 10.3. The second kappa shape index (κ2) is 5.40. The second-order valence-electron chi connectivity index (χ2n) is 4.05. The zero-order valence-electron chi connectivity index (χ0n) is 10.1. The van der Waals surface area contributed by atoms with Gasteiger partial charge in [-0.15, -0.1) is 0 Å². The molecule has 18 heavy (non-hydrogen) atoms. The smallest absolute Gasteiger partial charge is 0.335 e. The van der Waals surface area contributed by atoms with Crippen LogP contribution >= 0.6 is 0 Å². The Morgan fingerprint density at radius 2 is 1.94 bits per heavy atom. The van der Waals surface area contributed by atoms with E-state index in [4.69, 9.17) is 0 Å². The van der Waals surface area contributed by atoms with Gasteiger partial charge in [0.2, 0.25) is 0 Å². The molecule has 92 valence electrons. The fourth-order valence-corrected chi connectivity index (χ4v) is 1.89. The standard InChI is InChI=1S/C14H14N2O2/c1-2-3-10-4-5-11(6-13(10)14(17)18)12-7-15-9-16-8-12/h4-9H,2-3H2,1H3,(H,17,18). The third-order valence-electron chi connectivity index (χ3n) is 2.75. The molecule has 4 heteroatoms. The molecule has 0 spiro atoms. The predicted molar refractivity (Wildman–Crippen MR) is 68.4 cm³/mol. The van der Waals surface area contributed by atoms with Gasteiger partial charge in [-0.3, -0.25) is 0 Å². The van der Waals surface area contributed by atoms with Crippen LogP contribution in [0.1, 0.15) is 29.3 Å². The lowest BCUT2D eigenvalue weighted by Crippen LogP contribution is -2.02. The molecule has 0 atom stereocenters. The number of aromatic carboxylic acids is 1. The summed E-state index contributed by atoms with van der Waals surface area (Å²) in [5.74, 6) is -0.892. The van der Waals surface area contributed by atoms with Crippen LogP contribution in [0.2, 0.25) is 0 Å². The molecule has 0 unspecified atom stereocenters. The van der Waals surface area contributed by atoms with E-state index in [1.165, 1.54) is 6.33 Å². The molecule has 2 aromatic rings. The lowest BCUT2D eigenvalue weighted by Gasteiger charge is -2.07. The van der Waals surface area contributed by atoms with Crippen molar-refractivity contribution in [2.75, 3.05) is 0 Å². The van der Waals surface area contributed by atoms with Crippen molar-refractivity contribution >= 4 is 5.97 Å². The Bertz CT molecular complexity index is 553. The molecular weight excluding hydrogens is 228 g/mol. The highest BCUT2D eigenvalue weighted by Crippen LogP contribution is 2.22. The Labute approximate surface area is 105 Å². The van der Waals surface area contributed by atoms with Crippen molar-refractivity contribution in [3.63, 3.8) is 0 Å². The minimum absolute atomic E-state index is 0.359. The van der Waals surface area contributed by atoms with Gasteiger partial charge in [-0.25, -0.2) is 14.8 Å². The van der Waals surface area contributed by atoms with Gasteiger partial charge in [-0.05, 0) is 23.6 Å². The highest BCUT2D eigenvalue weighted by atomic mass is 16.4. The summed E-state index contributed by atoms with van der Waals surface area (Å²) in [6.45, 7) is 2.03. The number of benzene rings is 1. The van der Waals surface area contributed by atoms with Gasteiger partial charge in [0.1, 0.15) is 6.33 Å². The van der Waals surface area contributed by atoms with Crippen LogP contribution in [0, 0.1) is 0 Å². The number of carboxylic acids is 1. The number of aryl methyl sites for hydroxylation is 1. The summed E-state index contributed by atoms with van der Waals surface area (Å²) in [7, 11) is 0. The van der Waals surface area contributed by atoms with E-state index in [1.807, 2.05) is 19.1 Å². The molecule has 0 aliphatic rings. The van der Waals surface area contributed by atoms with Crippen molar-refractivity contribution in [3.8, 4) is 11.1 Å². The van der Waals surface area contributed by atoms with Crippen molar-refractivity contribution in [1.82, 2.24) is 9.97 Å². The van der Waals surface area contributed by atoms with Gasteiger partial charge in [0, 0.05) is 18.0 Å². The predicted octanol–water partition coefficient (Wildman–Crippen LogP) is 2.79. The van der Waals surface area contributed by atoms with Crippen LogP contribution in [0.15, 0.2) is 36.9 Å². The summed E-state index contributed by atoms with van der Waals surface area (Å²) in [5, 5.41) is 9.23. The van der Waals surface area contributed by atoms with Gasteiger partial charge < -0.3 is 5.11 Å². The first-order valence-corrected chi connectivity index (χ1v) is 5.84. The second-order valence-corrected chi connectivity index (χ2v) is 4.05. The molecule has 1 aromatic heterocycles. The van der Waals surface area contributed by atoms with Gasteiger partial charge in [0.05, 0.1) is 5.56 Å². The lowest BCUT2D eigenvalue weighted by atomic mass is 9.98. The first kappa shape index (κ1) is 12.2. The maximum absolute atomic E-state index is 11.2. The fraction of sp³-hybridized carbons (Fsp3) is 0.214. The third-order valence-corrected chi connectivity index (χ3v) is 2.75. The number of carbonyl (C=O) groups is 1. The van der Waals surface area contributed by atoms with E-state index in [0.29, 0.717) is 5.56 Å². The van der Waals surface area contributed by atoms with Crippen LogP contribution < -0.4 is 0 Å². The van der Waals surface area contributed by atoms with Crippen LogP contribution in [0.4, 0.5) is 0 Å². The summed E-state index contributed by atoms with van der Waals surface area (Å²) in [6.07, 6.45) is 6.50. The van der Waals surface area contributed by atoms with Crippen molar-refractivity contribution in [2.45, 2.75) is 19.8 Å². The molecule has 0 radical (unpaired) electrons. The summed E-state index contributed by atoms with van der Waals surface area (Å²) in [6, 6.07) is 5.47. The number of carboxylic acid groups (broad SMARTS) is 1. The Morgan fingerprint density at radius 3 is 2.56 bits per heavy atom. The van der Waals surface area contributed by atoms with Crippen molar-refractivity contribution < 1.29 is 9.90 Å². The number of nitrogens with zero attached hydrogens (tertiary/aromatic N) is 2. The monoisotopic (exact) mass is 242 g/mol. The minimum atomic E-state index is -0.892. The minimum Gasteiger partial charge on any atom is -0.478 e. The molecule has 0 fully saturated rings. The molecule has 0 saturated heterocycles. The number of rotatable bonds is 4. The SMILES string of the molecule is CCCc1ccc(-c2cncnc2)cc1C(=O)O. The molecule has 1 heterocycles. The first-order chi connectivity index (χ1) is 8.72. The van der Waals surface area contributed by atoms with Crippen LogP contribution in [0.3, 0.4) is 0 Å². The topological polar surface area (TPSA) is 63.1 Å². The van der Waals surface area contributed by atoms with Gasteiger partial charge in [0.15, 0.2) is 0 Å². The Kier molecular flexibility index (Phi) is 3.67.